The van der Waals surface area contributed by atoms with Crippen LogP contribution in [0.4, 0.5) is 13.2 Å². The van der Waals surface area contributed by atoms with Gasteiger partial charge < -0.3 is 4.57 Å². The number of carbonyl (C=O) groups is 1. The van der Waals surface area contributed by atoms with Crippen molar-refractivity contribution >= 4 is 32.6 Å². The van der Waals surface area contributed by atoms with Crippen LogP contribution in [0.5, 0.6) is 0 Å². The summed E-state index contributed by atoms with van der Waals surface area (Å²) >= 11 is 3.07. The molecule has 0 atom stereocenters. The summed E-state index contributed by atoms with van der Waals surface area (Å²) in [6.45, 7) is 0. The second kappa shape index (κ2) is 5.43. The van der Waals surface area contributed by atoms with E-state index in [9.17, 15) is 18.0 Å². The second-order valence-electron chi connectivity index (χ2n) is 5.35. The van der Waals surface area contributed by atoms with E-state index in [1.165, 1.54) is 12.3 Å². The maximum atomic E-state index is 13.7. The molecule has 1 fully saturated rings. The molecule has 3 rings (SSSR count). The number of hydrogen-bond donors (Lipinski definition) is 0. The zero-order valence-corrected chi connectivity index (χ0v) is 12.8. The highest BCUT2D eigenvalue weighted by Crippen LogP contribution is 2.41. The Morgan fingerprint density at radius 2 is 2.09 bits per heavy atom. The molecular formula is C15H10BrF3N2O. The molecule has 0 bridgehead atoms. The fourth-order valence-electron chi connectivity index (χ4n) is 2.78. The summed E-state index contributed by atoms with van der Waals surface area (Å²) in [5.41, 5.74) is 0.329. The number of alkyl halides is 2. The zero-order chi connectivity index (χ0) is 16.0. The SMILES string of the molecule is N#CC1CC(n2cc(C(=O)C(F)F)c3cc(F)c(Br)cc32)C1. The lowest BCUT2D eigenvalue weighted by molar-refractivity contribution is 0.0680. The second-order valence-corrected chi connectivity index (χ2v) is 6.20. The Hall–Kier alpha value is -1.81. The van der Waals surface area contributed by atoms with Gasteiger partial charge in [-0.2, -0.15) is 5.26 Å². The number of fused-ring (bicyclic) bond motifs is 1. The highest BCUT2D eigenvalue weighted by molar-refractivity contribution is 9.10. The molecule has 2 aromatic rings. The first kappa shape index (κ1) is 15.1. The van der Waals surface area contributed by atoms with Crippen molar-refractivity contribution < 1.29 is 18.0 Å². The van der Waals surface area contributed by atoms with Gasteiger partial charge in [-0.3, -0.25) is 4.79 Å². The largest absolute Gasteiger partial charge is 0.344 e. The summed E-state index contributed by atoms with van der Waals surface area (Å²) in [5, 5.41) is 9.01. The van der Waals surface area contributed by atoms with Crippen LogP contribution in [0.15, 0.2) is 22.8 Å². The lowest BCUT2D eigenvalue weighted by Crippen LogP contribution is -2.25. The first-order valence-electron chi connectivity index (χ1n) is 6.64. The fourth-order valence-corrected chi connectivity index (χ4v) is 3.11. The van der Waals surface area contributed by atoms with Gasteiger partial charge in [0.05, 0.1) is 22.0 Å². The van der Waals surface area contributed by atoms with Crippen LogP contribution in [-0.4, -0.2) is 16.8 Å². The Bertz CT molecular complexity index is 803. The molecule has 0 amide bonds. The number of benzene rings is 1. The Balaban J connectivity index is 2.15. The summed E-state index contributed by atoms with van der Waals surface area (Å²) in [5.74, 6) is -2.00. The number of ketones is 1. The Kier molecular flexibility index (Phi) is 3.73. The molecule has 0 radical (unpaired) electrons. The number of hydrogen-bond acceptors (Lipinski definition) is 2. The predicted octanol–water partition coefficient (Wildman–Crippen LogP) is 4.47. The number of Topliss-reactive ketones (excluding diaryl/α,β-unsaturated/α-hetero) is 1. The Morgan fingerprint density at radius 3 is 2.68 bits per heavy atom. The minimum absolute atomic E-state index is 0.0382. The van der Waals surface area contributed by atoms with Gasteiger partial charge in [-0.25, -0.2) is 13.2 Å². The van der Waals surface area contributed by atoms with Gasteiger partial charge in [0.25, 0.3) is 0 Å². The summed E-state index contributed by atoms with van der Waals surface area (Å²) < 4.78 is 41.1. The van der Waals surface area contributed by atoms with Crippen molar-refractivity contribution in [2.45, 2.75) is 25.3 Å². The van der Waals surface area contributed by atoms with Crippen molar-refractivity contribution in [2.75, 3.05) is 0 Å². The molecule has 0 unspecified atom stereocenters. The number of carbonyl (C=O) groups excluding carboxylic acids is 1. The van der Waals surface area contributed by atoms with Crippen LogP contribution in [0.2, 0.25) is 0 Å². The molecule has 0 aliphatic heterocycles. The van der Waals surface area contributed by atoms with Crippen molar-refractivity contribution in [1.82, 2.24) is 4.57 Å². The van der Waals surface area contributed by atoms with Gasteiger partial charge in [0.2, 0.25) is 5.78 Å². The van der Waals surface area contributed by atoms with E-state index in [1.807, 2.05) is 0 Å². The third kappa shape index (κ3) is 2.31. The minimum Gasteiger partial charge on any atom is -0.344 e. The Labute approximate surface area is 132 Å². The number of nitriles is 1. The molecule has 0 spiro atoms. The Morgan fingerprint density at radius 1 is 1.41 bits per heavy atom. The van der Waals surface area contributed by atoms with Gasteiger partial charge >= 0.3 is 6.43 Å². The molecule has 1 heterocycles. The van der Waals surface area contributed by atoms with Gasteiger partial charge in [-0.05, 0) is 40.9 Å². The van der Waals surface area contributed by atoms with Crippen molar-refractivity contribution in [1.29, 1.82) is 5.26 Å². The zero-order valence-electron chi connectivity index (χ0n) is 11.2. The van der Waals surface area contributed by atoms with Crippen LogP contribution >= 0.6 is 15.9 Å². The standard InChI is InChI=1S/C15H10BrF3N2O/c16-11-4-13-9(3-12(11)17)10(14(22)15(18)19)6-21(13)8-1-7(2-8)5-20/h3-4,6-8,15H,1-2H2. The van der Waals surface area contributed by atoms with Crippen LogP contribution in [0.1, 0.15) is 29.2 Å². The topological polar surface area (TPSA) is 45.8 Å². The molecule has 3 nitrogen and oxygen atoms in total. The number of rotatable bonds is 3. The van der Waals surface area contributed by atoms with E-state index in [2.05, 4.69) is 22.0 Å². The molecule has 0 N–H and O–H groups in total. The molecule has 1 aliphatic carbocycles. The normalized spacial score (nSPS) is 20.9. The lowest BCUT2D eigenvalue weighted by atomic mass is 9.81. The number of aromatic nitrogens is 1. The van der Waals surface area contributed by atoms with Gasteiger partial charge in [-0.1, -0.05) is 0 Å². The van der Waals surface area contributed by atoms with Gasteiger partial charge in [0.1, 0.15) is 5.82 Å². The smallest absolute Gasteiger partial charge is 0.300 e. The molecule has 114 valence electrons. The number of nitrogens with zero attached hydrogens (tertiary/aromatic N) is 2. The summed E-state index contributed by atoms with van der Waals surface area (Å²) in [6.07, 6.45) is -0.600. The minimum atomic E-state index is -3.14. The molecule has 1 aliphatic rings. The van der Waals surface area contributed by atoms with Crippen LogP contribution in [0.3, 0.4) is 0 Å². The summed E-state index contributed by atoms with van der Waals surface area (Å²) in [4.78, 5) is 11.7. The highest BCUT2D eigenvalue weighted by Gasteiger charge is 2.33. The van der Waals surface area contributed by atoms with Gasteiger partial charge in [0, 0.05) is 23.2 Å². The first-order chi connectivity index (χ1) is 10.4. The maximum absolute atomic E-state index is 13.7. The van der Waals surface area contributed by atoms with Gasteiger partial charge in [-0.15, -0.1) is 0 Å². The highest BCUT2D eigenvalue weighted by atomic mass is 79.9. The molecule has 1 saturated carbocycles. The average molecular weight is 371 g/mol. The van der Waals surface area contributed by atoms with Crippen LogP contribution in [0.25, 0.3) is 10.9 Å². The van der Waals surface area contributed by atoms with E-state index in [0.717, 1.165) is 6.07 Å². The van der Waals surface area contributed by atoms with Crippen LogP contribution in [0, 0.1) is 23.1 Å². The third-order valence-corrected chi connectivity index (χ3v) is 4.64. The van der Waals surface area contributed by atoms with E-state index in [-0.39, 0.29) is 27.4 Å². The van der Waals surface area contributed by atoms with Crippen LogP contribution < -0.4 is 0 Å². The maximum Gasteiger partial charge on any atom is 0.300 e. The van der Waals surface area contributed by atoms with Gasteiger partial charge in [0.15, 0.2) is 0 Å². The first-order valence-corrected chi connectivity index (χ1v) is 7.43. The van der Waals surface area contributed by atoms with E-state index in [0.29, 0.717) is 18.4 Å². The monoisotopic (exact) mass is 370 g/mol. The van der Waals surface area contributed by atoms with E-state index in [4.69, 9.17) is 5.26 Å². The molecule has 7 heteroatoms. The van der Waals surface area contributed by atoms with E-state index >= 15 is 0 Å². The molecular weight excluding hydrogens is 361 g/mol. The van der Waals surface area contributed by atoms with E-state index < -0.39 is 18.0 Å². The number of halogens is 4. The third-order valence-electron chi connectivity index (χ3n) is 4.03. The lowest BCUT2D eigenvalue weighted by Gasteiger charge is -2.32. The molecule has 1 aromatic heterocycles. The van der Waals surface area contributed by atoms with Crippen molar-refractivity contribution in [3.63, 3.8) is 0 Å². The molecule has 22 heavy (non-hydrogen) atoms. The quantitative estimate of drug-likeness (QED) is 0.748. The summed E-state index contributed by atoms with van der Waals surface area (Å²) in [7, 11) is 0. The molecule has 1 aromatic carbocycles. The van der Waals surface area contributed by atoms with Crippen molar-refractivity contribution in [3.8, 4) is 6.07 Å². The molecule has 0 saturated heterocycles. The summed E-state index contributed by atoms with van der Waals surface area (Å²) in [6, 6.07) is 4.68. The van der Waals surface area contributed by atoms with Crippen molar-refractivity contribution in [2.24, 2.45) is 5.92 Å². The predicted molar refractivity (Wildman–Crippen MR) is 77.3 cm³/mol. The fraction of sp³-hybridized carbons (Fsp3) is 0.333. The van der Waals surface area contributed by atoms with Crippen molar-refractivity contribution in [3.05, 3.63) is 34.2 Å². The average Bonchev–Trinajstić information content (AvgIpc) is 2.76. The van der Waals surface area contributed by atoms with E-state index in [1.54, 1.807) is 4.57 Å². The van der Waals surface area contributed by atoms with Crippen LogP contribution in [-0.2, 0) is 0 Å².